The van der Waals surface area contributed by atoms with Crippen molar-refractivity contribution in [3.8, 4) is 44.5 Å². The molecule has 0 N–H and O–H groups in total. The average molecular weight is 914 g/mol. The van der Waals surface area contributed by atoms with Crippen LogP contribution >= 0.6 is 0 Å². The predicted molar refractivity (Wildman–Crippen MR) is 305 cm³/mol. The molecule has 0 saturated heterocycles. The van der Waals surface area contributed by atoms with Gasteiger partial charge in [0.15, 0.2) is 0 Å². The smallest absolute Gasteiger partial charge is 0.0714 e. The van der Waals surface area contributed by atoms with Crippen molar-refractivity contribution in [2.45, 2.75) is 5.41 Å². The lowest BCUT2D eigenvalue weighted by Gasteiger charge is -2.35. The highest BCUT2D eigenvalue weighted by Gasteiger charge is 2.46. The first kappa shape index (κ1) is 41.7. The minimum atomic E-state index is -0.544. The van der Waals surface area contributed by atoms with Gasteiger partial charge in [-0.25, -0.2) is 0 Å². The zero-order valence-electron chi connectivity index (χ0n) is 39.6. The molecular weight excluding hydrogens is 867 g/mol. The van der Waals surface area contributed by atoms with Crippen molar-refractivity contribution in [2.75, 3.05) is 4.90 Å². The first-order valence-electron chi connectivity index (χ1n) is 25.0. The first-order valence-corrected chi connectivity index (χ1v) is 25.0. The van der Waals surface area contributed by atoms with Crippen molar-refractivity contribution in [1.29, 1.82) is 0 Å². The van der Waals surface area contributed by atoms with E-state index in [2.05, 4.69) is 290 Å². The summed E-state index contributed by atoms with van der Waals surface area (Å²) in [5.74, 6) is 0. The van der Waals surface area contributed by atoms with Crippen molar-refractivity contribution in [3.63, 3.8) is 0 Å². The molecule has 0 fully saturated rings. The van der Waals surface area contributed by atoms with E-state index in [4.69, 9.17) is 0 Å². The van der Waals surface area contributed by atoms with Gasteiger partial charge in [0.2, 0.25) is 0 Å². The third-order valence-corrected chi connectivity index (χ3v) is 15.3. The average Bonchev–Trinajstić information content (AvgIpc) is 3.76. The Morgan fingerprint density at radius 2 is 0.722 bits per heavy atom. The van der Waals surface area contributed by atoms with Crippen LogP contribution in [0.15, 0.2) is 285 Å². The molecule has 13 aromatic rings. The Labute approximate surface area is 420 Å². The van der Waals surface area contributed by atoms with E-state index in [0.717, 1.165) is 28.2 Å². The van der Waals surface area contributed by atoms with Gasteiger partial charge in [-0.2, -0.15) is 0 Å². The summed E-state index contributed by atoms with van der Waals surface area (Å²) in [5, 5.41) is 10.2. The molecule has 0 bridgehead atoms. The van der Waals surface area contributed by atoms with Crippen LogP contribution in [0.5, 0.6) is 0 Å². The molecule has 0 radical (unpaired) electrons. The summed E-state index contributed by atoms with van der Waals surface area (Å²) < 4.78 is 0. The molecule has 0 heterocycles. The second-order valence-electron chi connectivity index (χ2n) is 19.1. The van der Waals surface area contributed by atoms with Gasteiger partial charge >= 0.3 is 0 Å². The van der Waals surface area contributed by atoms with E-state index in [1.807, 2.05) is 0 Å². The molecule has 72 heavy (non-hydrogen) atoms. The van der Waals surface area contributed by atoms with Gasteiger partial charge in [0.1, 0.15) is 0 Å². The molecule has 1 heteroatoms. The van der Waals surface area contributed by atoms with Crippen molar-refractivity contribution >= 4 is 60.2 Å². The molecule has 0 amide bonds. The predicted octanol–water partition coefficient (Wildman–Crippen LogP) is 19.1. The SMILES string of the molecule is c1ccc(C2(c3ccccc3)c3ccccc3-c3ccc(N(c4ccc(-c5ccc6c7ccccc7c7ccccc7c6c5)cc4)c4ccccc4-c4cccc(-c5cccc6ccccc56)c4)cc32)cc1. The van der Waals surface area contributed by atoms with E-state index < -0.39 is 5.41 Å². The molecule has 1 aliphatic rings. The topological polar surface area (TPSA) is 3.24 Å². The molecule has 0 aromatic heterocycles. The van der Waals surface area contributed by atoms with Crippen LogP contribution in [-0.4, -0.2) is 0 Å². The molecule has 0 aliphatic heterocycles. The number of fused-ring (bicyclic) bond motifs is 10. The fraction of sp³-hybridized carbons (Fsp3) is 0.0141. The number of anilines is 3. The largest absolute Gasteiger partial charge is 0.310 e. The second kappa shape index (κ2) is 17.0. The van der Waals surface area contributed by atoms with Crippen LogP contribution in [0.2, 0.25) is 0 Å². The molecule has 0 spiro atoms. The van der Waals surface area contributed by atoms with Crippen LogP contribution < -0.4 is 4.90 Å². The molecule has 0 atom stereocenters. The molecule has 14 rings (SSSR count). The number of benzene rings is 13. The van der Waals surface area contributed by atoms with Gasteiger partial charge < -0.3 is 4.90 Å². The van der Waals surface area contributed by atoms with Crippen LogP contribution in [0.25, 0.3) is 87.6 Å². The summed E-state index contributed by atoms with van der Waals surface area (Å²) in [6.07, 6.45) is 0. The summed E-state index contributed by atoms with van der Waals surface area (Å²) in [6, 6.07) is 106. The Kier molecular flexibility index (Phi) is 9.82. The molecule has 0 saturated carbocycles. The Morgan fingerprint density at radius 3 is 1.43 bits per heavy atom. The summed E-state index contributed by atoms with van der Waals surface area (Å²) in [4.78, 5) is 2.48. The maximum Gasteiger partial charge on any atom is 0.0714 e. The van der Waals surface area contributed by atoms with E-state index in [9.17, 15) is 0 Å². The Morgan fingerprint density at radius 1 is 0.236 bits per heavy atom. The van der Waals surface area contributed by atoms with E-state index in [1.165, 1.54) is 98.7 Å². The zero-order chi connectivity index (χ0) is 47.6. The molecule has 13 aromatic carbocycles. The van der Waals surface area contributed by atoms with Gasteiger partial charge in [0.05, 0.1) is 11.1 Å². The summed E-state index contributed by atoms with van der Waals surface area (Å²) in [5.41, 5.74) is 17.4. The lowest BCUT2D eigenvalue weighted by atomic mass is 9.67. The monoisotopic (exact) mass is 913 g/mol. The van der Waals surface area contributed by atoms with E-state index in [1.54, 1.807) is 0 Å². The minimum absolute atomic E-state index is 0.544. The van der Waals surface area contributed by atoms with Gasteiger partial charge in [-0.1, -0.05) is 243 Å². The summed E-state index contributed by atoms with van der Waals surface area (Å²) >= 11 is 0. The first-order chi connectivity index (χ1) is 35.7. The fourth-order valence-corrected chi connectivity index (χ4v) is 12.1. The molecule has 0 unspecified atom stereocenters. The number of nitrogens with zero attached hydrogens (tertiary/aromatic N) is 1. The van der Waals surface area contributed by atoms with Crippen molar-refractivity contribution in [1.82, 2.24) is 0 Å². The minimum Gasteiger partial charge on any atom is -0.310 e. The maximum absolute atomic E-state index is 2.48. The quantitative estimate of drug-likeness (QED) is 0.137. The third kappa shape index (κ3) is 6.55. The van der Waals surface area contributed by atoms with Crippen molar-refractivity contribution < 1.29 is 0 Å². The van der Waals surface area contributed by atoms with E-state index >= 15 is 0 Å². The van der Waals surface area contributed by atoms with Crippen LogP contribution in [0, 0.1) is 0 Å². The zero-order valence-corrected chi connectivity index (χ0v) is 39.6. The van der Waals surface area contributed by atoms with E-state index in [-0.39, 0.29) is 0 Å². The van der Waals surface area contributed by atoms with Crippen LogP contribution in [0.3, 0.4) is 0 Å². The molecular formula is C71H47N. The third-order valence-electron chi connectivity index (χ3n) is 15.3. The summed E-state index contributed by atoms with van der Waals surface area (Å²) in [6.45, 7) is 0. The molecule has 1 nitrogen and oxygen atoms in total. The van der Waals surface area contributed by atoms with Crippen LogP contribution in [-0.2, 0) is 5.41 Å². The van der Waals surface area contributed by atoms with Gasteiger partial charge in [-0.15, -0.1) is 0 Å². The van der Waals surface area contributed by atoms with Crippen LogP contribution in [0.1, 0.15) is 22.3 Å². The van der Waals surface area contributed by atoms with E-state index in [0.29, 0.717) is 0 Å². The number of rotatable bonds is 8. The van der Waals surface area contributed by atoms with Gasteiger partial charge in [-0.05, 0) is 147 Å². The Bertz CT molecular complexity index is 4130. The normalized spacial score (nSPS) is 12.6. The highest BCUT2D eigenvalue weighted by Crippen LogP contribution is 2.57. The second-order valence-corrected chi connectivity index (χ2v) is 19.1. The molecule has 1 aliphatic carbocycles. The van der Waals surface area contributed by atoms with Gasteiger partial charge in [0.25, 0.3) is 0 Å². The Hall–Kier alpha value is -9.30. The standard InChI is InChI=1S/C71H47N/c1-3-23-53(24-4-1)71(54-25-5-2-6-26-54)68-35-15-13-33-65(68)66-44-42-56(47-69(66)71)72(70-36-16-14-28-59(70)52-22-17-21-51(45-52)58-34-18-20-49-19-7-8-27-57(49)58)55-40-37-48(38-41-55)50-39-43-64-62-31-10-9-29-60(62)61-30-11-12-32-63(61)67(64)46-50/h1-47H. The lowest BCUT2D eigenvalue weighted by Crippen LogP contribution is -2.28. The fourth-order valence-electron chi connectivity index (χ4n) is 12.1. The maximum atomic E-state index is 2.48. The number of hydrogen-bond acceptors (Lipinski definition) is 1. The van der Waals surface area contributed by atoms with Gasteiger partial charge in [0, 0.05) is 16.9 Å². The Balaban J connectivity index is 0.970. The number of hydrogen-bond donors (Lipinski definition) is 0. The number of para-hydroxylation sites is 1. The molecule has 336 valence electrons. The summed E-state index contributed by atoms with van der Waals surface area (Å²) in [7, 11) is 0. The van der Waals surface area contributed by atoms with Crippen molar-refractivity contribution in [2.24, 2.45) is 0 Å². The van der Waals surface area contributed by atoms with Crippen LogP contribution in [0.4, 0.5) is 17.1 Å². The van der Waals surface area contributed by atoms with Gasteiger partial charge in [-0.3, -0.25) is 0 Å². The lowest BCUT2D eigenvalue weighted by molar-refractivity contribution is 0.768. The highest BCUT2D eigenvalue weighted by molar-refractivity contribution is 6.25. The van der Waals surface area contributed by atoms with Crippen molar-refractivity contribution in [3.05, 3.63) is 307 Å². The highest BCUT2D eigenvalue weighted by atomic mass is 15.1.